The molecule has 1 heterocycles. The molecule has 0 aliphatic heterocycles. The highest BCUT2D eigenvalue weighted by Crippen LogP contribution is 2.04. The number of aryl methyl sites for hydroxylation is 1. The lowest BCUT2D eigenvalue weighted by Gasteiger charge is -2.13. The fourth-order valence-corrected chi connectivity index (χ4v) is 1.48. The molecule has 0 saturated carbocycles. The van der Waals surface area contributed by atoms with Gasteiger partial charge in [0.1, 0.15) is 5.82 Å². The summed E-state index contributed by atoms with van der Waals surface area (Å²) in [5.41, 5.74) is -0.0401. The Bertz CT molecular complexity index is 435. The summed E-state index contributed by atoms with van der Waals surface area (Å²) in [6.45, 7) is 5.45. The van der Waals surface area contributed by atoms with E-state index in [0.29, 0.717) is 5.82 Å². The molecule has 0 spiro atoms. The molecule has 0 aliphatic carbocycles. The predicted molar refractivity (Wildman–Crippen MR) is 55.0 cm³/mol. The topological polar surface area (TPSA) is 72.2 Å². The summed E-state index contributed by atoms with van der Waals surface area (Å²) in [6, 6.07) is -0.0151. The van der Waals surface area contributed by atoms with Gasteiger partial charge in [0, 0.05) is 17.8 Å². The Morgan fingerprint density at radius 1 is 1.60 bits per heavy atom. The highest BCUT2D eigenvalue weighted by Gasteiger charge is 2.12. The average Bonchev–Trinajstić information content (AvgIpc) is 2.09. The number of carboxylic acid groups (broad SMARTS) is 1. The summed E-state index contributed by atoms with van der Waals surface area (Å²) >= 11 is 0. The van der Waals surface area contributed by atoms with Crippen LogP contribution in [0.5, 0.6) is 0 Å². The van der Waals surface area contributed by atoms with Crippen molar-refractivity contribution in [3.63, 3.8) is 0 Å². The van der Waals surface area contributed by atoms with E-state index in [1.54, 1.807) is 6.92 Å². The van der Waals surface area contributed by atoms with Crippen molar-refractivity contribution < 1.29 is 9.90 Å². The number of carbonyl (C=O) groups is 1. The molecule has 0 amide bonds. The number of hydrogen-bond donors (Lipinski definition) is 1. The third-order valence-electron chi connectivity index (χ3n) is 2.11. The van der Waals surface area contributed by atoms with Gasteiger partial charge in [-0.05, 0) is 20.8 Å². The zero-order valence-electron chi connectivity index (χ0n) is 9.02. The molecule has 0 aliphatic rings. The molecule has 0 fully saturated rings. The maximum Gasteiger partial charge on any atom is 0.308 e. The average molecular weight is 210 g/mol. The summed E-state index contributed by atoms with van der Waals surface area (Å²) < 4.78 is 1.50. The van der Waals surface area contributed by atoms with Crippen LogP contribution in [0.1, 0.15) is 31.3 Å². The van der Waals surface area contributed by atoms with Crippen molar-refractivity contribution in [1.29, 1.82) is 0 Å². The zero-order chi connectivity index (χ0) is 11.6. The summed E-state index contributed by atoms with van der Waals surface area (Å²) in [7, 11) is 0. The van der Waals surface area contributed by atoms with Crippen LogP contribution >= 0.6 is 0 Å². The van der Waals surface area contributed by atoms with Crippen LogP contribution in [-0.2, 0) is 11.2 Å². The normalized spacial score (nSPS) is 10.7. The first-order chi connectivity index (χ1) is 6.93. The highest BCUT2D eigenvalue weighted by atomic mass is 16.4. The molecular weight excluding hydrogens is 196 g/mol. The van der Waals surface area contributed by atoms with Crippen molar-refractivity contribution in [3.05, 3.63) is 27.9 Å². The number of rotatable bonds is 3. The second kappa shape index (κ2) is 4.25. The van der Waals surface area contributed by atoms with Crippen LogP contribution < -0.4 is 5.56 Å². The molecule has 5 heteroatoms. The summed E-state index contributed by atoms with van der Waals surface area (Å²) in [4.78, 5) is 26.4. The lowest BCUT2D eigenvalue weighted by atomic mass is 10.2. The standard InChI is InChI=1S/C10H14N2O3/c1-6(2)12-7(3)11-5-8(10(12)15)4-9(13)14/h5-6H,4H2,1-3H3,(H,13,14). The van der Waals surface area contributed by atoms with E-state index >= 15 is 0 Å². The summed E-state index contributed by atoms with van der Waals surface area (Å²) in [5.74, 6) is -0.419. The molecule has 0 radical (unpaired) electrons. The first-order valence-corrected chi connectivity index (χ1v) is 4.72. The van der Waals surface area contributed by atoms with Crippen LogP contribution in [0.15, 0.2) is 11.0 Å². The molecule has 1 N–H and O–H groups in total. The highest BCUT2D eigenvalue weighted by molar-refractivity contribution is 5.69. The van der Waals surface area contributed by atoms with E-state index in [2.05, 4.69) is 4.98 Å². The van der Waals surface area contributed by atoms with Crippen molar-refractivity contribution in [2.45, 2.75) is 33.2 Å². The van der Waals surface area contributed by atoms with Crippen molar-refractivity contribution in [2.24, 2.45) is 0 Å². The van der Waals surface area contributed by atoms with Gasteiger partial charge in [0.05, 0.1) is 6.42 Å². The molecular formula is C10H14N2O3. The SMILES string of the molecule is Cc1ncc(CC(=O)O)c(=O)n1C(C)C. The molecule has 82 valence electrons. The van der Waals surface area contributed by atoms with Crippen LogP contribution in [0.4, 0.5) is 0 Å². The van der Waals surface area contributed by atoms with E-state index < -0.39 is 5.97 Å². The van der Waals surface area contributed by atoms with E-state index in [0.717, 1.165) is 0 Å². The van der Waals surface area contributed by atoms with E-state index in [9.17, 15) is 9.59 Å². The fourth-order valence-electron chi connectivity index (χ4n) is 1.48. The Morgan fingerprint density at radius 3 is 2.67 bits per heavy atom. The van der Waals surface area contributed by atoms with Gasteiger partial charge < -0.3 is 5.11 Å². The molecule has 0 saturated heterocycles. The number of nitrogens with zero attached hydrogens (tertiary/aromatic N) is 2. The molecule has 15 heavy (non-hydrogen) atoms. The molecule has 0 aromatic carbocycles. The maximum atomic E-state index is 11.8. The Hall–Kier alpha value is -1.65. The van der Waals surface area contributed by atoms with Gasteiger partial charge in [0.25, 0.3) is 5.56 Å². The second-order valence-corrected chi connectivity index (χ2v) is 3.67. The first-order valence-electron chi connectivity index (χ1n) is 4.72. The van der Waals surface area contributed by atoms with Crippen LogP contribution in [0.2, 0.25) is 0 Å². The smallest absolute Gasteiger partial charge is 0.308 e. The fraction of sp³-hybridized carbons (Fsp3) is 0.500. The minimum atomic E-state index is -1.02. The molecule has 5 nitrogen and oxygen atoms in total. The van der Waals surface area contributed by atoms with Crippen LogP contribution in [0.25, 0.3) is 0 Å². The number of aliphatic carboxylic acids is 1. The minimum Gasteiger partial charge on any atom is -0.481 e. The van der Waals surface area contributed by atoms with E-state index in [4.69, 9.17) is 5.11 Å². The summed E-state index contributed by atoms with van der Waals surface area (Å²) in [5, 5.41) is 8.61. The van der Waals surface area contributed by atoms with Gasteiger partial charge >= 0.3 is 5.97 Å². The molecule has 0 bridgehead atoms. The second-order valence-electron chi connectivity index (χ2n) is 3.67. The number of carboxylic acids is 1. The largest absolute Gasteiger partial charge is 0.481 e. The van der Waals surface area contributed by atoms with Crippen molar-refractivity contribution in [2.75, 3.05) is 0 Å². The van der Waals surface area contributed by atoms with Gasteiger partial charge in [-0.3, -0.25) is 14.2 Å². The third-order valence-corrected chi connectivity index (χ3v) is 2.11. The maximum absolute atomic E-state index is 11.8. The Labute approximate surface area is 87.4 Å². The van der Waals surface area contributed by atoms with Crippen molar-refractivity contribution in [3.8, 4) is 0 Å². The molecule has 0 atom stereocenters. The molecule has 0 unspecified atom stereocenters. The van der Waals surface area contributed by atoms with E-state index in [1.807, 2.05) is 13.8 Å². The molecule has 1 aromatic rings. The Morgan fingerprint density at radius 2 is 2.20 bits per heavy atom. The first kappa shape index (κ1) is 11.4. The van der Waals surface area contributed by atoms with Crippen LogP contribution in [0, 0.1) is 6.92 Å². The van der Waals surface area contributed by atoms with Gasteiger partial charge in [-0.1, -0.05) is 0 Å². The zero-order valence-corrected chi connectivity index (χ0v) is 9.02. The van der Waals surface area contributed by atoms with Gasteiger partial charge in [0.15, 0.2) is 0 Å². The van der Waals surface area contributed by atoms with E-state index in [-0.39, 0.29) is 23.6 Å². The number of aromatic nitrogens is 2. The van der Waals surface area contributed by atoms with Crippen LogP contribution in [-0.4, -0.2) is 20.6 Å². The van der Waals surface area contributed by atoms with Gasteiger partial charge in [-0.25, -0.2) is 4.98 Å². The van der Waals surface area contributed by atoms with Gasteiger partial charge in [-0.2, -0.15) is 0 Å². The Kier molecular flexibility index (Phi) is 3.24. The summed E-state index contributed by atoms with van der Waals surface area (Å²) in [6.07, 6.45) is 1.06. The quantitative estimate of drug-likeness (QED) is 0.799. The van der Waals surface area contributed by atoms with E-state index in [1.165, 1.54) is 10.8 Å². The third kappa shape index (κ3) is 2.43. The van der Waals surface area contributed by atoms with Crippen LogP contribution in [0.3, 0.4) is 0 Å². The van der Waals surface area contributed by atoms with Crippen molar-refractivity contribution in [1.82, 2.24) is 9.55 Å². The monoisotopic (exact) mass is 210 g/mol. The van der Waals surface area contributed by atoms with Gasteiger partial charge in [0.2, 0.25) is 0 Å². The van der Waals surface area contributed by atoms with Gasteiger partial charge in [-0.15, -0.1) is 0 Å². The van der Waals surface area contributed by atoms with Crippen molar-refractivity contribution >= 4 is 5.97 Å². The predicted octanol–water partition coefficient (Wildman–Crippen LogP) is 0.760. The molecule has 1 aromatic heterocycles. The lowest BCUT2D eigenvalue weighted by molar-refractivity contribution is -0.136. The minimum absolute atomic E-state index is 0.0151. The molecule has 1 rings (SSSR count). The lowest BCUT2D eigenvalue weighted by Crippen LogP contribution is -2.29. The Balaban J connectivity index is 3.29. The number of hydrogen-bond acceptors (Lipinski definition) is 3.